The van der Waals surface area contributed by atoms with Gasteiger partial charge in [0, 0.05) is 37.2 Å². The van der Waals surface area contributed by atoms with Crippen molar-refractivity contribution in [3.63, 3.8) is 0 Å². The summed E-state index contributed by atoms with van der Waals surface area (Å²) >= 11 is 0. The Labute approximate surface area is 169 Å². The Morgan fingerprint density at radius 2 is 1.97 bits per heavy atom. The molecule has 7 heteroatoms. The van der Waals surface area contributed by atoms with Gasteiger partial charge >= 0.3 is 0 Å². The number of ether oxygens (including phenoxy) is 1. The number of nitrogens with one attached hydrogen (secondary N) is 1. The van der Waals surface area contributed by atoms with Crippen LogP contribution in [0.3, 0.4) is 0 Å². The monoisotopic (exact) mass is 398 g/mol. The minimum absolute atomic E-state index is 0.0208. The number of aliphatic imine (C=N–C) groups is 2. The molecule has 0 spiro atoms. The number of anilines is 2. The van der Waals surface area contributed by atoms with E-state index in [9.17, 15) is 8.78 Å². The van der Waals surface area contributed by atoms with E-state index < -0.39 is 5.92 Å². The molecule has 1 atom stereocenters. The molecule has 0 fully saturated rings. The molecule has 5 nitrogen and oxygen atoms in total. The lowest BCUT2D eigenvalue weighted by molar-refractivity contribution is 0.0174. The SMILES string of the molecule is CC1Nc2cc(C3=NCC(CCOc4ccc(C(C)(F)F)cc4)=N3)ccc2N1C. The smallest absolute Gasteiger partial charge is 0.270 e. The summed E-state index contributed by atoms with van der Waals surface area (Å²) in [5.74, 6) is -1.53. The van der Waals surface area contributed by atoms with Gasteiger partial charge in [0.2, 0.25) is 0 Å². The average molecular weight is 398 g/mol. The van der Waals surface area contributed by atoms with Crippen molar-refractivity contribution in [2.45, 2.75) is 32.4 Å². The molecule has 2 aliphatic heterocycles. The normalized spacial score (nSPS) is 18.2. The maximum Gasteiger partial charge on any atom is 0.270 e. The van der Waals surface area contributed by atoms with Crippen LogP contribution in [0.1, 0.15) is 31.4 Å². The summed E-state index contributed by atoms with van der Waals surface area (Å²) in [5.41, 5.74) is 4.19. The first-order valence-corrected chi connectivity index (χ1v) is 9.67. The van der Waals surface area contributed by atoms with Gasteiger partial charge in [-0.2, -0.15) is 0 Å². The summed E-state index contributed by atoms with van der Waals surface area (Å²) in [4.78, 5) is 11.4. The van der Waals surface area contributed by atoms with Gasteiger partial charge in [0.1, 0.15) is 5.75 Å². The Balaban J connectivity index is 1.33. The third-order valence-corrected chi connectivity index (χ3v) is 5.28. The molecular formula is C22H24F2N4O. The molecule has 0 saturated carbocycles. The molecule has 0 radical (unpaired) electrons. The fourth-order valence-corrected chi connectivity index (χ4v) is 3.44. The van der Waals surface area contributed by atoms with Gasteiger partial charge in [0.25, 0.3) is 5.92 Å². The van der Waals surface area contributed by atoms with Gasteiger partial charge in [-0.15, -0.1) is 0 Å². The molecule has 0 amide bonds. The van der Waals surface area contributed by atoms with E-state index in [0.29, 0.717) is 25.3 Å². The van der Waals surface area contributed by atoms with E-state index in [0.717, 1.165) is 29.7 Å². The van der Waals surface area contributed by atoms with Crippen molar-refractivity contribution >= 4 is 22.9 Å². The van der Waals surface area contributed by atoms with Crippen LogP contribution >= 0.6 is 0 Å². The molecule has 4 rings (SSSR count). The molecule has 0 aromatic heterocycles. The maximum absolute atomic E-state index is 13.3. The van der Waals surface area contributed by atoms with Crippen LogP contribution in [0.2, 0.25) is 0 Å². The summed E-state index contributed by atoms with van der Waals surface area (Å²) in [7, 11) is 2.06. The number of hydrogen-bond acceptors (Lipinski definition) is 5. The quantitative estimate of drug-likeness (QED) is 0.769. The highest BCUT2D eigenvalue weighted by Gasteiger charge is 2.24. The number of fused-ring (bicyclic) bond motifs is 1. The van der Waals surface area contributed by atoms with E-state index in [2.05, 4.69) is 46.3 Å². The van der Waals surface area contributed by atoms with Crippen LogP contribution in [0.4, 0.5) is 20.2 Å². The standard InChI is InChI=1S/C22H24F2N4O/c1-14-26-19-12-15(4-9-20(19)28(14)3)21-25-13-17(27-21)10-11-29-18-7-5-16(6-8-18)22(2,23)24/h4-9,12,14,26H,10-11,13H2,1-3H3. The minimum atomic E-state index is -2.84. The first kappa shape index (κ1) is 19.4. The van der Waals surface area contributed by atoms with Crippen molar-refractivity contribution in [1.29, 1.82) is 0 Å². The lowest BCUT2D eigenvalue weighted by Gasteiger charge is -2.16. The maximum atomic E-state index is 13.3. The summed E-state index contributed by atoms with van der Waals surface area (Å²) in [6.45, 7) is 3.98. The van der Waals surface area contributed by atoms with Gasteiger partial charge < -0.3 is 15.0 Å². The first-order valence-electron chi connectivity index (χ1n) is 9.67. The van der Waals surface area contributed by atoms with Crippen molar-refractivity contribution in [3.8, 4) is 5.75 Å². The third-order valence-electron chi connectivity index (χ3n) is 5.28. The predicted octanol–water partition coefficient (Wildman–Crippen LogP) is 4.68. The van der Waals surface area contributed by atoms with Gasteiger partial charge in [-0.1, -0.05) is 0 Å². The Morgan fingerprint density at radius 3 is 2.69 bits per heavy atom. The average Bonchev–Trinajstić information content (AvgIpc) is 3.26. The fraction of sp³-hybridized carbons (Fsp3) is 0.364. The number of halogens is 2. The van der Waals surface area contributed by atoms with Gasteiger partial charge in [-0.25, -0.2) is 13.8 Å². The lowest BCUT2D eigenvalue weighted by atomic mass is 10.1. The van der Waals surface area contributed by atoms with E-state index in [-0.39, 0.29) is 11.7 Å². The zero-order valence-electron chi connectivity index (χ0n) is 16.7. The lowest BCUT2D eigenvalue weighted by Crippen LogP contribution is -2.28. The third kappa shape index (κ3) is 4.09. The summed E-state index contributed by atoms with van der Waals surface area (Å²) < 4.78 is 32.2. The van der Waals surface area contributed by atoms with E-state index in [1.165, 1.54) is 17.8 Å². The van der Waals surface area contributed by atoms with Crippen molar-refractivity contribution in [3.05, 3.63) is 53.6 Å². The van der Waals surface area contributed by atoms with Crippen LogP contribution in [0.25, 0.3) is 0 Å². The Bertz CT molecular complexity index is 964. The van der Waals surface area contributed by atoms with Crippen LogP contribution in [0.5, 0.6) is 5.75 Å². The van der Waals surface area contributed by atoms with Gasteiger partial charge in [0.15, 0.2) is 5.84 Å². The Morgan fingerprint density at radius 1 is 1.21 bits per heavy atom. The number of benzene rings is 2. The molecule has 2 aromatic carbocycles. The Hall–Kier alpha value is -2.96. The van der Waals surface area contributed by atoms with E-state index >= 15 is 0 Å². The topological polar surface area (TPSA) is 49.2 Å². The van der Waals surface area contributed by atoms with Crippen LogP contribution < -0.4 is 15.0 Å². The van der Waals surface area contributed by atoms with E-state index in [1.54, 1.807) is 12.1 Å². The fourth-order valence-electron chi connectivity index (χ4n) is 3.44. The molecule has 2 aromatic rings. The van der Waals surface area contributed by atoms with Crippen LogP contribution in [-0.4, -0.2) is 37.9 Å². The number of alkyl halides is 2. The highest BCUT2D eigenvalue weighted by atomic mass is 19.3. The molecule has 1 N–H and O–H groups in total. The summed E-state index contributed by atoms with van der Waals surface area (Å²) in [5, 5.41) is 3.44. The molecule has 29 heavy (non-hydrogen) atoms. The van der Waals surface area contributed by atoms with Crippen LogP contribution in [0, 0.1) is 0 Å². The molecule has 152 valence electrons. The first-order chi connectivity index (χ1) is 13.8. The largest absolute Gasteiger partial charge is 0.493 e. The van der Waals surface area contributed by atoms with Crippen molar-refractivity contribution < 1.29 is 13.5 Å². The highest BCUT2D eigenvalue weighted by Crippen LogP contribution is 2.34. The van der Waals surface area contributed by atoms with Gasteiger partial charge in [-0.3, -0.25) is 4.99 Å². The van der Waals surface area contributed by atoms with E-state index in [4.69, 9.17) is 4.74 Å². The molecule has 2 heterocycles. The summed E-state index contributed by atoms with van der Waals surface area (Å²) in [6, 6.07) is 12.1. The second kappa shape index (κ2) is 7.46. The summed E-state index contributed by atoms with van der Waals surface area (Å²) in [6.07, 6.45) is 0.904. The van der Waals surface area contributed by atoms with Crippen LogP contribution in [-0.2, 0) is 5.92 Å². The number of hydrogen-bond donors (Lipinski definition) is 1. The van der Waals surface area contributed by atoms with Gasteiger partial charge in [-0.05, 0) is 49.4 Å². The van der Waals surface area contributed by atoms with Gasteiger partial charge in [0.05, 0.1) is 30.7 Å². The molecular weight excluding hydrogens is 374 g/mol. The molecule has 2 aliphatic rings. The molecule has 0 aliphatic carbocycles. The zero-order valence-corrected chi connectivity index (χ0v) is 16.7. The molecule has 0 saturated heterocycles. The van der Waals surface area contributed by atoms with Crippen LogP contribution in [0.15, 0.2) is 52.4 Å². The number of rotatable bonds is 6. The van der Waals surface area contributed by atoms with E-state index in [1.807, 2.05) is 6.07 Å². The minimum Gasteiger partial charge on any atom is -0.493 e. The second-order valence-corrected chi connectivity index (χ2v) is 7.49. The molecule has 0 bridgehead atoms. The highest BCUT2D eigenvalue weighted by molar-refractivity contribution is 6.12. The molecule has 1 unspecified atom stereocenters. The predicted molar refractivity (Wildman–Crippen MR) is 113 cm³/mol. The number of nitrogens with zero attached hydrogens (tertiary/aromatic N) is 3. The zero-order chi connectivity index (χ0) is 20.6. The number of amidine groups is 1. The van der Waals surface area contributed by atoms with Crippen molar-refractivity contribution in [2.24, 2.45) is 9.98 Å². The second-order valence-electron chi connectivity index (χ2n) is 7.49. The van der Waals surface area contributed by atoms with Crippen molar-refractivity contribution in [1.82, 2.24) is 0 Å². The van der Waals surface area contributed by atoms with Crippen molar-refractivity contribution in [2.75, 3.05) is 30.4 Å². The Kier molecular flexibility index (Phi) is 4.98.